The van der Waals surface area contributed by atoms with Gasteiger partial charge in [0.2, 0.25) is 0 Å². The van der Waals surface area contributed by atoms with Gasteiger partial charge in [-0.05, 0) is 30.9 Å². The molecule has 1 heterocycles. The fraction of sp³-hybridized carbons (Fsp3) is 0.583. The Kier molecular flexibility index (Phi) is 3.59. The number of hydrogen-bond acceptors (Lipinski definition) is 4. The summed E-state index contributed by atoms with van der Waals surface area (Å²) in [7, 11) is -3.57. The molecular formula is C12H19N3O2S. The third-order valence-corrected chi connectivity index (χ3v) is 4.75. The van der Waals surface area contributed by atoms with Crippen molar-refractivity contribution in [1.29, 1.82) is 0 Å². The minimum Gasteiger partial charge on any atom is -0.396 e. The van der Waals surface area contributed by atoms with E-state index in [0.29, 0.717) is 6.54 Å². The van der Waals surface area contributed by atoms with Crippen LogP contribution in [0.5, 0.6) is 0 Å². The summed E-state index contributed by atoms with van der Waals surface area (Å²) < 4.78 is 26.7. The van der Waals surface area contributed by atoms with Crippen LogP contribution in [0.2, 0.25) is 0 Å². The van der Waals surface area contributed by atoms with Gasteiger partial charge in [-0.3, -0.25) is 0 Å². The van der Waals surface area contributed by atoms with E-state index in [0.717, 1.165) is 12.8 Å². The van der Waals surface area contributed by atoms with Crippen molar-refractivity contribution in [1.82, 2.24) is 9.29 Å². The van der Waals surface area contributed by atoms with Crippen LogP contribution in [0.15, 0.2) is 23.4 Å². The van der Waals surface area contributed by atoms with Gasteiger partial charge in [-0.1, -0.05) is 13.8 Å². The molecule has 1 aromatic rings. The zero-order chi connectivity index (χ0) is 13.3. The lowest BCUT2D eigenvalue weighted by atomic mass is 10.2. The monoisotopic (exact) mass is 269 g/mol. The fourth-order valence-electron chi connectivity index (χ4n) is 1.90. The maximum atomic E-state index is 12.6. The van der Waals surface area contributed by atoms with Gasteiger partial charge < -0.3 is 5.73 Å². The van der Waals surface area contributed by atoms with Crippen LogP contribution in [-0.2, 0) is 10.0 Å². The van der Waals surface area contributed by atoms with Crippen molar-refractivity contribution < 1.29 is 8.42 Å². The molecule has 1 aromatic heterocycles. The van der Waals surface area contributed by atoms with E-state index in [1.807, 2.05) is 13.8 Å². The molecule has 6 heteroatoms. The molecule has 0 radical (unpaired) electrons. The average Bonchev–Trinajstić information content (AvgIpc) is 3.09. The van der Waals surface area contributed by atoms with Crippen LogP contribution in [0.25, 0.3) is 0 Å². The van der Waals surface area contributed by atoms with Crippen LogP contribution in [0.3, 0.4) is 0 Å². The maximum Gasteiger partial charge on any atom is 0.262 e. The number of aromatic nitrogens is 1. The first-order chi connectivity index (χ1) is 8.43. The highest BCUT2D eigenvalue weighted by atomic mass is 32.2. The van der Waals surface area contributed by atoms with Gasteiger partial charge in [0.1, 0.15) is 0 Å². The molecule has 0 spiro atoms. The molecular weight excluding hydrogens is 250 g/mol. The summed E-state index contributed by atoms with van der Waals surface area (Å²) in [5.74, 6) is 0.283. The normalized spacial score (nSPS) is 16.4. The van der Waals surface area contributed by atoms with Crippen LogP contribution in [-0.4, -0.2) is 30.3 Å². The van der Waals surface area contributed by atoms with Crippen molar-refractivity contribution in [2.45, 2.75) is 37.8 Å². The second kappa shape index (κ2) is 4.85. The molecule has 0 saturated heterocycles. The van der Waals surface area contributed by atoms with Crippen molar-refractivity contribution in [3.8, 4) is 0 Å². The standard InChI is InChI=1S/C12H19N3O2S/c1-9(2)8-15(10-5-6-10)18(16,17)12-11(13)4-3-7-14-12/h3-4,7,9-10H,5-6,8,13H2,1-2H3. The first-order valence-corrected chi connectivity index (χ1v) is 7.59. The predicted molar refractivity (Wildman–Crippen MR) is 70.4 cm³/mol. The Balaban J connectivity index is 2.36. The number of anilines is 1. The first-order valence-electron chi connectivity index (χ1n) is 6.15. The van der Waals surface area contributed by atoms with Gasteiger partial charge in [0.25, 0.3) is 10.0 Å². The summed E-state index contributed by atoms with van der Waals surface area (Å²) >= 11 is 0. The van der Waals surface area contributed by atoms with E-state index < -0.39 is 10.0 Å². The maximum absolute atomic E-state index is 12.6. The zero-order valence-electron chi connectivity index (χ0n) is 10.7. The van der Waals surface area contributed by atoms with E-state index in [-0.39, 0.29) is 22.7 Å². The number of nitrogens with two attached hydrogens (primary N) is 1. The largest absolute Gasteiger partial charge is 0.396 e. The van der Waals surface area contributed by atoms with Crippen LogP contribution < -0.4 is 5.73 Å². The molecule has 0 unspecified atom stereocenters. The van der Waals surface area contributed by atoms with Crippen LogP contribution in [0.4, 0.5) is 5.69 Å². The lowest BCUT2D eigenvalue weighted by molar-refractivity contribution is 0.359. The number of nitrogens with zero attached hydrogens (tertiary/aromatic N) is 2. The minimum absolute atomic E-state index is 0.0162. The molecule has 1 aliphatic rings. The van der Waals surface area contributed by atoms with Crippen LogP contribution in [0.1, 0.15) is 26.7 Å². The molecule has 2 rings (SSSR count). The quantitative estimate of drug-likeness (QED) is 0.878. The van der Waals surface area contributed by atoms with Crippen molar-refractivity contribution >= 4 is 15.7 Å². The van der Waals surface area contributed by atoms with Crippen molar-refractivity contribution in [3.63, 3.8) is 0 Å². The molecule has 0 aromatic carbocycles. The van der Waals surface area contributed by atoms with Crippen molar-refractivity contribution in [2.24, 2.45) is 5.92 Å². The van der Waals surface area contributed by atoms with Gasteiger partial charge in [-0.2, -0.15) is 4.31 Å². The molecule has 18 heavy (non-hydrogen) atoms. The molecule has 1 aliphatic carbocycles. The molecule has 0 atom stereocenters. The summed E-state index contributed by atoms with van der Waals surface area (Å²) in [6.07, 6.45) is 3.32. The summed E-state index contributed by atoms with van der Waals surface area (Å²) in [6.45, 7) is 4.53. The zero-order valence-corrected chi connectivity index (χ0v) is 11.5. The minimum atomic E-state index is -3.57. The molecule has 1 saturated carbocycles. The van der Waals surface area contributed by atoms with Gasteiger partial charge in [-0.25, -0.2) is 13.4 Å². The molecule has 100 valence electrons. The van der Waals surface area contributed by atoms with E-state index in [4.69, 9.17) is 5.73 Å². The smallest absolute Gasteiger partial charge is 0.262 e. The topological polar surface area (TPSA) is 76.3 Å². The average molecular weight is 269 g/mol. The third kappa shape index (κ3) is 2.64. The molecule has 0 bridgehead atoms. The Hall–Kier alpha value is -1.14. The Bertz CT molecular complexity index is 524. The highest BCUT2D eigenvalue weighted by Gasteiger charge is 2.39. The van der Waals surface area contributed by atoms with Crippen LogP contribution in [0, 0.1) is 5.92 Å². The summed E-state index contributed by atoms with van der Waals surface area (Å²) in [4.78, 5) is 3.93. The number of sulfonamides is 1. The number of hydrogen-bond donors (Lipinski definition) is 1. The number of rotatable bonds is 5. The lowest BCUT2D eigenvalue weighted by Crippen LogP contribution is -2.36. The second-order valence-electron chi connectivity index (χ2n) is 5.10. The van der Waals surface area contributed by atoms with Crippen molar-refractivity contribution in [2.75, 3.05) is 12.3 Å². The van der Waals surface area contributed by atoms with Gasteiger partial charge in [0.05, 0.1) is 5.69 Å². The van der Waals surface area contributed by atoms with E-state index in [9.17, 15) is 8.42 Å². The summed E-state index contributed by atoms with van der Waals surface area (Å²) in [6, 6.07) is 3.33. The summed E-state index contributed by atoms with van der Waals surface area (Å²) in [5.41, 5.74) is 5.94. The van der Waals surface area contributed by atoms with Crippen LogP contribution >= 0.6 is 0 Å². The van der Waals surface area contributed by atoms with E-state index in [1.165, 1.54) is 6.20 Å². The highest BCUT2D eigenvalue weighted by molar-refractivity contribution is 7.89. The number of pyridine rings is 1. The van der Waals surface area contributed by atoms with E-state index in [1.54, 1.807) is 16.4 Å². The van der Waals surface area contributed by atoms with Gasteiger partial charge >= 0.3 is 0 Å². The Labute approximate surface area is 108 Å². The molecule has 0 amide bonds. The second-order valence-corrected chi connectivity index (χ2v) is 6.90. The SMILES string of the molecule is CC(C)CN(C1CC1)S(=O)(=O)c1ncccc1N. The summed E-state index contributed by atoms with van der Waals surface area (Å²) in [5, 5.41) is -0.0162. The lowest BCUT2D eigenvalue weighted by Gasteiger charge is -2.23. The van der Waals surface area contributed by atoms with Gasteiger partial charge in [-0.15, -0.1) is 0 Å². The fourth-order valence-corrected chi connectivity index (χ4v) is 3.78. The van der Waals surface area contributed by atoms with Gasteiger partial charge in [0, 0.05) is 18.8 Å². The molecule has 1 fully saturated rings. The Morgan fingerprint density at radius 3 is 2.67 bits per heavy atom. The molecule has 5 nitrogen and oxygen atoms in total. The van der Waals surface area contributed by atoms with Gasteiger partial charge in [0.15, 0.2) is 5.03 Å². The molecule has 0 aliphatic heterocycles. The van der Waals surface area contributed by atoms with E-state index >= 15 is 0 Å². The molecule has 2 N–H and O–H groups in total. The van der Waals surface area contributed by atoms with E-state index in [2.05, 4.69) is 4.98 Å². The first kappa shape index (κ1) is 13.3. The third-order valence-electron chi connectivity index (χ3n) is 2.85. The predicted octanol–water partition coefficient (Wildman–Crippen LogP) is 1.47. The number of nitrogen functional groups attached to an aromatic ring is 1. The Morgan fingerprint density at radius 2 is 2.17 bits per heavy atom. The van der Waals surface area contributed by atoms with Crippen molar-refractivity contribution in [3.05, 3.63) is 18.3 Å². The highest BCUT2D eigenvalue weighted by Crippen LogP contribution is 2.33. The Morgan fingerprint density at radius 1 is 1.50 bits per heavy atom.